The van der Waals surface area contributed by atoms with Gasteiger partial charge in [-0.1, -0.05) is 121 Å². The minimum absolute atomic E-state index is 0.00485. The first kappa shape index (κ1) is 25.3. The van der Waals surface area contributed by atoms with Crippen LogP contribution in [0.5, 0.6) is 0 Å². The van der Waals surface area contributed by atoms with Gasteiger partial charge >= 0.3 is 31.5 Å². The van der Waals surface area contributed by atoms with Gasteiger partial charge in [0.05, 0.1) is 0 Å². The maximum Gasteiger partial charge on any atom is 0.314 e. The van der Waals surface area contributed by atoms with Crippen molar-refractivity contribution in [3.63, 3.8) is 0 Å². The molecule has 4 nitrogen and oxygen atoms in total. The summed E-state index contributed by atoms with van der Waals surface area (Å²) in [5.41, 5.74) is 3.62. The van der Waals surface area contributed by atoms with Crippen LogP contribution in [0.25, 0.3) is 0 Å². The van der Waals surface area contributed by atoms with Gasteiger partial charge in [0.1, 0.15) is 11.8 Å². The number of carbonyl (C=O) groups excluding carboxylic acids is 2. The predicted molar refractivity (Wildman–Crippen MR) is 143 cm³/mol. The van der Waals surface area contributed by atoms with Crippen molar-refractivity contribution in [2.24, 2.45) is 0 Å². The number of carbonyl (C=O) groups is 2. The number of rotatable bonds is 11. The van der Waals surface area contributed by atoms with E-state index in [0.717, 1.165) is 22.3 Å². The van der Waals surface area contributed by atoms with Crippen molar-refractivity contribution in [3.05, 3.63) is 144 Å². The van der Waals surface area contributed by atoms with E-state index in [9.17, 15) is 9.59 Å². The van der Waals surface area contributed by atoms with Crippen molar-refractivity contribution in [2.75, 3.05) is 0 Å². The average Bonchev–Trinajstić information content (AvgIpc) is 2.93. The van der Waals surface area contributed by atoms with Gasteiger partial charge in [-0.15, -0.1) is 0 Å². The molecule has 36 heavy (non-hydrogen) atoms. The largest absolute Gasteiger partial charge is 0.516 e. The van der Waals surface area contributed by atoms with Crippen LogP contribution in [0.15, 0.2) is 121 Å². The van der Waals surface area contributed by atoms with Crippen LogP contribution >= 0.6 is 0 Å². The van der Waals surface area contributed by atoms with Crippen LogP contribution in [0.1, 0.15) is 34.1 Å². The predicted octanol–water partition coefficient (Wildman–Crippen LogP) is 5.81. The van der Waals surface area contributed by atoms with Gasteiger partial charge in [-0.2, -0.15) is 0 Å². The van der Waals surface area contributed by atoms with Crippen LogP contribution in [-0.4, -0.2) is 31.5 Å². The summed E-state index contributed by atoms with van der Waals surface area (Å²) in [6, 6.07) is 40.0. The molecule has 4 radical (unpaired) electrons. The highest BCUT2D eigenvalue weighted by Gasteiger charge is 2.25. The molecule has 0 N–H and O–H groups in total. The molecular formula is C30H26O4Si2. The van der Waals surface area contributed by atoms with E-state index in [-0.39, 0.29) is 31.5 Å². The van der Waals surface area contributed by atoms with Crippen molar-refractivity contribution >= 4 is 31.5 Å². The fraction of sp³-hybridized carbons (Fsp3) is 0.133. The minimum Gasteiger partial charge on any atom is -0.516 e. The molecule has 0 saturated heterocycles. The zero-order valence-electron chi connectivity index (χ0n) is 19.7. The molecular weight excluding hydrogens is 480 g/mol. The lowest BCUT2D eigenvalue weighted by atomic mass is 9.91. The molecule has 0 aliphatic heterocycles. The van der Waals surface area contributed by atoms with E-state index >= 15 is 0 Å². The summed E-state index contributed by atoms with van der Waals surface area (Å²) in [4.78, 5) is 26.0. The summed E-state index contributed by atoms with van der Waals surface area (Å²) in [6.45, 7) is 0. The molecule has 0 aromatic heterocycles. The fourth-order valence-corrected chi connectivity index (χ4v) is 5.52. The Kier molecular flexibility index (Phi) is 9.42. The van der Waals surface area contributed by atoms with Crippen LogP contribution in [-0.2, 0) is 18.4 Å². The van der Waals surface area contributed by atoms with Crippen molar-refractivity contribution in [3.8, 4) is 0 Å². The molecule has 4 rings (SSSR count). The van der Waals surface area contributed by atoms with Gasteiger partial charge < -0.3 is 8.85 Å². The van der Waals surface area contributed by atoms with Gasteiger partial charge in [0.15, 0.2) is 0 Å². The summed E-state index contributed by atoms with van der Waals surface area (Å²) in [5, 5.41) is 0. The summed E-state index contributed by atoms with van der Waals surface area (Å²) < 4.78 is 11.3. The fourth-order valence-electron chi connectivity index (χ4n) is 3.98. The highest BCUT2D eigenvalue weighted by Crippen LogP contribution is 2.27. The summed E-state index contributed by atoms with van der Waals surface area (Å²) >= 11 is 0. The highest BCUT2D eigenvalue weighted by molar-refractivity contribution is 6.37. The maximum atomic E-state index is 13.0. The zero-order valence-corrected chi connectivity index (χ0v) is 21.7. The highest BCUT2D eigenvalue weighted by atomic mass is 28.2. The van der Waals surface area contributed by atoms with Gasteiger partial charge in [0, 0.05) is 0 Å². The minimum atomic E-state index is -0.460. The Bertz CT molecular complexity index is 1040. The van der Waals surface area contributed by atoms with Gasteiger partial charge in [-0.05, 0) is 34.3 Å². The molecule has 4 aromatic carbocycles. The van der Waals surface area contributed by atoms with E-state index in [1.54, 1.807) is 0 Å². The summed E-state index contributed by atoms with van der Waals surface area (Å²) in [6.07, 6.45) is 0. The van der Waals surface area contributed by atoms with Crippen molar-refractivity contribution in [2.45, 2.75) is 23.9 Å². The molecule has 0 fully saturated rings. The van der Waals surface area contributed by atoms with Gasteiger partial charge in [0.25, 0.3) is 0 Å². The number of hydrogen-bond acceptors (Lipinski definition) is 4. The van der Waals surface area contributed by atoms with E-state index in [0.29, 0.717) is 12.1 Å². The second-order valence-electron chi connectivity index (χ2n) is 8.14. The van der Waals surface area contributed by atoms with Crippen LogP contribution in [0.2, 0.25) is 12.1 Å². The lowest BCUT2D eigenvalue weighted by Crippen LogP contribution is -2.21. The molecule has 0 unspecified atom stereocenters. The van der Waals surface area contributed by atoms with Crippen molar-refractivity contribution in [1.29, 1.82) is 0 Å². The molecule has 0 bridgehead atoms. The topological polar surface area (TPSA) is 52.6 Å². The number of hydrogen-bond donors (Lipinski definition) is 0. The molecule has 6 heteroatoms. The Labute approximate surface area is 217 Å². The third kappa shape index (κ3) is 6.90. The first-order valence-electron chi connectivity index (χ1n) is 11.8. The second-order valence-corrected chi connectivity index (χ2v) is 10.1. The monoisotopic (exact) mass is 506 g/mol. The molecule has 4 aromatic rings. The quantitative estimate of drug-likeness (QED) is 0.190. The molecule has 0 spiro atoms. The van der Waals surface area contributed by atoms with E-state index in [2.05, 4.69) is 0 Å². The van der Waals surface area contributed by atoms with Gasteiger partial charge in [0.2, 0.25) is 0 Å². The molecule has 0 aliphatic rings. The third-order valence-corrected chi connectivity index (χ3v) is 7.78. The Morgan fingerprint density at radius 1 is 0.472 bits per heavy atom. The van der Waals surface area contributed by atoms with Crippen LogP contribution in [0.3, 0.4) is 0 Å². The molecule has 0 atom stereocenters. The first-order chi connectivity index (χ1) is 17.7. The molecule has 0 aliphatic carbocycles. The van der Waals surface area contributed by atoms with E-state index in [1.165, 1.54) is 0 Å². The molecule has 0 saturated carbocycles. The van der Waals surface area contributed by atoms with Gasteiger partial charge in [-0.25, -0.2) is 0 Å². The second kappa shape index (κ2) is 13.4. The lowest BCUT2D eigenvalue weighted by Gasteiger charge is -2.17. The molecule has 178 valence electrons. The van der Waals surface area contributed by atoms with Crippen LogP contribution in [0, 0.1) is 0 Å². The summed E-state index contributed by atoms with van der Waals surface area (Å²) in [7, 11) is 0.00970. The zero-order chi connectivity index (χ0) is 25.0. The SMILES string of the molecule is O=C(O[Si]CC[Si]OC(=O)C(c1ccccc1)c1ccccc1)C(c1ccccc1)c1ccccc1. The summed E-state index contributed by atoms with van der Waals surface area (Å²) in [5.74, 6) is -1.45. The molecule has 0 heterocycles. The Hall–Kier alpha value is -3.75. The third-order valence-electron chi connectivity index (χ3n) is 5.68. The van der Waals surface area contributed by atoms with E-state index in [1.807, 2.05) is 121 Å². The number of benzene rings is 4. The van der Waals surface area contributed by atoms with Crippen LogP contribution in [0.4, 0.5) is 0 Å². The first-order valence-corrected chi connectivity index (χ1v) is 14.0. The Morgan fingerprint density at radius 3 is 0.972 bits per heavy atom. The lowest BCUT2D eigenvalue weighted by molar-refractivity contribution is -0.136. The standard InChI is InChI=1S/C30H26O4Si2/c31-29(27(23-13-5-1-6-14-23)24-15-7-2-8-16-24)33-35-21-22-36-34-30(32)28(25-17-9-3-10-18-25)26-19-11-4-12-20-26/h1-20,27-28H,21-22H2. The normalized spacial score (nSPS) is 10.8. The van der Waals surface area contributed by atoms with E-state index in [4.69, 9.17) is 8.85 Å². The van der Waals surface area contributed by atoms with Crippen molar-refractivity contribution in [1.82, 2.24) is 0 Å². The van der Waals surface area contributed by atoms with Crippen LogP contribution < -0.4 is 0 Å². The van der Waals surface area contributed by atoms with E-state index < -0.39 is 11.8 Å². The Morgan fingerprint density at radius 2 is 0.722 bits per heavy atom. The molecule has 0 amide bonds. The Balaban J connectivity index is 1.28. The smallest absolute Gasteiger partial charge is 0.314 e. The maximum absolute atomic E-state index is 13.0. The van der Waals surface area contributed by atoms with Crippen molar-refractivity contribution < 1.29 is 18.4 Å². The van der Waals surface area contributed by atoms with Gasteiger partial charge in [-0.3, -0.25) is 9.59 Å². The average molecular weight is 507 g/mol.